The maximum Gasteiger partial charge on any atom is 0.490 e. The molecule has 2 heterocycles. The Labute approximate surface area is 191 Å². The van der Waals surface area contributed by atoms with E-state index in [1.54, 1.807) is 12.3 Å². The van der Waals surface area contributed by atoms with E-state index in [9.17, 15) is 23.1 Å². The van der Waals surface area contributed by atoms with E-state index in [0.29, 0.717) is 23.2 Å². The van der Waals surface area contributed by atoms with Gasteiger partial charge in [0.1, 0.15) is 0 Å². The zero-order valence-corrected chi connectivity index (χ0v) is 17.5. The number of amides is 1. The van der Waals surface area contributed by atoms with Crippen molar-refractivity contribution in [3.63, 3.8) is 0 Å². The first kappa shape index (κ1) is 23.0. The van der Waals surface area contributed by atoms with Crippen LogP contribution in [0.25, 0.3) is 10.9 Å². The molecule has 0 fully saturated rings. The molecule has 1 aromatic heterocycles. The molecule has 1 aliphatic heterocycles. The van der Waals surface area contributed by atoms with Crippen molar-refractivity contribution in [1.29, 1.82) is 0 Å². The fourth-order valence-corrected chi connectivity index (χ4v) is 3.83. The zero-order chi connectivity index (χ0) is 24.5. The lowest BCUT2D eigenvalue weighted by Gasteiger charge is -2.35. The highest BCUT2D eigenvalue weighted by atomic mass is 19.4. The van der Waals surface area contributed by atoms with Crippen LogP contribution in [0.1, 0.15) is 27.0 Å². The summed E-state index contributed by atoms with van der Waals surface area (Å²) in [6.07, 6.45) is -3.37. The highest BCUT2D eigenvalue weighted by Crippen LogP contribution is 2.43. The summed E-state index contributed by atoms with van der Waals surface area (Å²) in [5.74, 6) is -2.93. The molecular formula is C24H18F3N3O4. The molecule has 10 heteroatoms. The van der Waals surface area contributed by atoms with Crippen LogP contribution in [0.2, 0.25) is 0 Å². The van der Waals surface area contributed by atoms with Crippen LogP contribution in [0.3, 0.4) is 0 Å². The second-order valence-corrected chi connectivity index (χ2v) is 7.57. The number of aliphatic hydroxyl groups is 1. The van der Waals surface area contributed by atoms with Crippen LogP contribution in [0.4, 0.5) is 13.2 Å². The summed E-state index contributed by atoms with van der Waals surface area (Å²) in [6, 6.07) is 22.6. The molecule has 7 nitrogen and oxygen atoms in total. The van der Waals surface area contributed by atoms with E-state index >= 15 is 0 Å². The number of hydrogen-bond acceptors (Lipinski definition) is 4. The number of aromatic amines is 1. The predicted octanol–water partition coefficient (Wildman–Crippen LogP) is 4.05. The number of carbonyl (C=O) groups excluding carboxylic acids is 1. The van der Waals surface area contributed by atoms with Crippen LogP contribution in [0, 0.1) is 0 Å². The fraction of sp³-hybridized carbons (Fsp3) is 0.125. The Morgan fingerprint density at radius 1 is 1.03 bits per heavy atom. The van der Waals surface area contributed by atoms with Gasteiger partial charge in [0.15, 0.2) is 5.72 Å². The summed E-state index contributed by atoms with van der Waals surface area (Å²) >= 11 is 0. The smallest absolute Gasteiger partial charge is 0.475 e. The average Bonchev–Trinajstić information content (AvgIpc) is 3.37. The molecule has 0 radical (unpaired) electrons. The Bertz CT molecular complexity index is 1350. The molecule has 1 amide bonds. The minimum atomic E-state index is -5.08. The lowest BCUT2D eigenvalue weighted by Crippen LogP contribution is -2.44. The number of aromatic nitrogens is 2. The molecule has 1 aliphatic rings. The normalized spacial score (nSPS) is 17.3. The molecule has 3 N–H and O–H groups in total. The van der Waals surface area contributed by atoms with Gasteiger partial charge in [-0.25, -0.2) is 4.79 Å². The number of carboxylic acid groups (broad SMARTS) is 1. The van der Waals surface area contributed by atoms with Crippen molar-refractivity contribution in [3.8, 4) is 0 Å². The summed E-state index contributed by atoms with van der Waals surface area (Å²) in [6.45, 7) is 0.314. The topological polar surface area (TPSA) is 107 Å². The first-order valence-corrected chi connectivity index (χ1v) is 10.0. The number of aliphatic carboxylic acids is 1. The third kappa shape index (κ3) is 4.11. The first-order valence-electron chi connectivity index (χ1n) is 10.0. The quantitative estimate of drug-likeness (QED) is 0.420. The molecule has 0 aliphatic carbocycles. The summed E-state index contributed by atoms with van der Waals surface area (Å²) in [4.78, 5) is 23.6. The monoisotopic (exact) mass is 469 g/mol. The Morgan fingerprint density at radius 3 is 2.35 bits per heavy atom. The standard InChI is InChI=1S/C22H17N3O2.C2HF3O2/c26-21-18-8-4-5-9-19(18)22(27,25(21)14-15-6-2-1-3-7-15)17-10-11-20-16(12-17)13-23-24-20;3-2(4,5)1(6)7/h1-13,27H,14H2,(H,23,24);(H,6,7). The van der Waals surface area contributed by atoms with Crippen molar-refractivity contribution in [3.05, 3.63) is 101 Å². The third-order valence-electron chi connectivity index (χ3n) is 5.44. The summed E-state index contributed by atoms with van der Waals surface area (Å²) in [7, 11) is 0. The van der Waals surface area contributed by atoms with E-state index in [2.05, 4.69) is 10.2 Å². The summed E-state index contributed by atoms with van der Waals surface area (Å²) in [5.41, 5.74) is 2.09. The maximum absolute atomic E-state index is 13.2. The van der Waals surface area contributed by atoms with Crippen molar-refractivity contribution in [1.82, 2.24) is 15.1 Å². The number of rotatable bonds is 3. The van der Waals surface area contributed by atoms with Gasteiger partial charge in [0, 0.05) is 28.6 Å². The molecule has 4 aromatic rings. The highest BCUT2D eigenvalue weighted by molar-refractivity contribution is 6.00. The molecule has 0 bridgehead atoms. The van der Waals surface area contributed by atoms with Gasteiger partial charge >= 0.3 is 12.1 Å². The molecule has 34 heavy (non-hydrogen) atoms. The fourth-order valence-electron chi connectivity index (χ4n) is 3.83. The number of carbonyl (C=O) groups is 2. The minimum Gasteiger partial charge on any atom is -0.475 e. The molecule has 0 spiro atoms. The summed E-state index contributed by atoms with van der Waals surface area (Å²) in [5, 5.41) is 26.9. The van der Waals surface area contributed by atoms with E-state index < -0.39 is 17.9 Å². The average molecular weight is 469 g/mol. The molecule has 5 rings (SSSR count). The number of benzene rings is 3. The summed E-state index contributed by atoms with van der Waals surface area (Å²) < 4.78 is 31.7. The van der Waals surface area contributed by atoms with E-state index in [0.717, 1.165) is 16.5 Å². The molecular weight excluding hydrogens is 451 g/mol. The lowest BCUT2D eigenvalue weighted by molar-refractivity contribution is -0.192. The maximum atomic E-state index is 13.2. The van der Waals surface area contributed by atoms with E-state index in [-0.39, 0.29) is 5.91 Å². The molecule has 174 valence electrons. The van der Waals surface area contributed by atoms with Crippen molar-refractivity contribution in [2.75, 3.05) is 0 Å². The third-order valence-corrected chi connectivity index (χ3v) is 5.44. The first-order chi connectivity index (χ1) is 16.1. The van der Waals surface area contributed by atoms with Gasteiger partial charge in [-0.05, 0) is 23.8 Å². The number of alkyl halides is 3. The van der Waals surface area contributed by atoms with Gasteiger partial charge in [-0.15, -0.1) is 0 Å². The molecule has 1 unspecified atom stereocenters. The van der Waals surface area contributed by atoms with Crippen molar-refractivity contribution in [2.24, 2.45) is 0 Å². The van der Waals surface area contributed by atoms with Crippen LogP contribution in [-0.4, -0.2) is 43.4 Å². The Kier molecular flexibility index (Phi) is 5.84. The van der Waals surface area contributed by atoms with E-state index in [1.165, 1.54) is 4.90 Å². The van der Waals surface area contributed by atoms with Crippen molar-refractivity contribution in [2.45, 2.75) is 18.4 Å². The second kappa shape index (κ2) is 8.64. The van der Waals surface area contributed by atoms with E-state index in [1.807, 2.05) is 66.7 Å². The Balaban J connectivity index is 0.000000344. The number of hydrogen-bond donors (Lipinski definition) is 3. The Hall–Kier alpha value is -4.18. The minimum absolute atomic E-state index is 0.177. The lowest BCUT2D eigenvalue weighted by atomic mass is 9.93. The van der Waals surface area contributed by atoms with Crippen LogP contribution < -0.4 is 0 Å². The van der Waals surface area contributed by atoms with Gasteiger partial charge in [-0.2, -0.15) is 18.3 Å². The number of carboxylic acids is 1. The van der Waals surface area contributed by atoms with Gasteiger partial charge in [0.05, 0.1) is 11.7 Å². The number of nitrogens with zero attached hydrogens (tertiary/aromatic N) is 2. The van der Waals surface area contributed by atoms with E-state index in [4.69, 9.17) is 9.90 Å². The number of halogens is 3. The van der Waals surface area contributed by atoms with Crippen LogP contribution in [0.15, 0.2) is 79.0 Å². The second-order valence-electron chi connectivity index (χ2n) is 7.57. The zero-order valence-electron chi connectivity index (χ0n) is 17.5. The SMILES string of the molecule is O=C(O)C(F)(F)F.O=C1c2ccccc2C(O)(c2ccc3[nH]ncc3c2)N1Cc1ccccc1. The van der Waals surface area contributed by atoms with Crippen LogP contribution in [-0.2, 0) is 17.1 Å². The Morgan fingerprint density at radius 2 is 1.68 bits per heavy atom. The predicted molar refractivity (Wildman–Crippen MR) is 116 cm³/mol. The molecule has 0 saturated carbocycles. The van der Waals surface area contributed by atoms with Gasteiger partial charge in [0.25, 0.3) is 5.91 Å². The number of fused-ring (bicyclic) bond motifs is 2. The molecule has 1 atom stereocenters. The van der Waals surface area contributed by atoms with Crippen LogP contribution in [0.5, 0.6) is 0 Å². The van der Waals surface area contributed by atoms with Gasteiger partial charge in [-0.3, -0.25) is 14.8 Å². The van der Waals surface area contributed by atoms with Gasteiger partial charge < -0.3 is 10.2 Å². The van der Waals surface area contributed by atoms with Crippen LogP contribution >= 0.6 is 0 Å². The van der Waals surface area contributed by atoms with Crippen molar-refractivity contribution < 1.29 is 33.0 Å². The number of H-pyrrole nitrogens is 1. The van der Waals surface area contributed by atoms with Gasteiger partial charge in [0.2, 0.25) is 0 Å². The molecule has 0 saturated heterocycles. The van der Waals surface area contributed by atoms with Crippen molar-refractivity contribution >= 4 is 22.8 Å². The molecule has 3 aromatic carbocycles. The van der Waals surface area contributed by atoms with Gasteiger partial charge in [-0.1, -0.05) is 54.6 Å². The highest BCUT2D eigenvalue weighted by Gasteiger charge is 2.49. The number of nitrogens with one attached hydrogen (secondary N) is 1. The largest absolute Gasteiger partial charge is 0.490 e.